The van der Waals surface area contributed by atoms with E-state index in [0.29, 0.717) is 24.3 Å². The van der Waals surface area contributed by atoms with Crippen LogP contribution in [0.25, 0.3) is 0 Å². The molecule has 120 valence electrons. The maximum absolute atomic E-state index is 12.7. The molecule has 6 heteroatoms. The van der Waals surface area contributed by atoms with E-state index in [1.54, 1.807) is 10.9 Å². The zero-order valence-corrected chi connectivity index (χ0v) is 13.1. The maximum Gasteiger partial charge on any atom is 0.276 e. The van der Waals surface area contributed by atoms with Crippen molar-refractivity contribution in [2.45, 2.75) is 37.9 Å². The number of fused-ring (bicyclic) bond motifs is 2. The molecule has 2 atom stereocenters. The number of hydrogen-bond donors (Lipinski definition) is 1. The molecule has 2 aliphatic rings. The van der Waals surface area contributed by atoms with Gasteiger partial charge < -0.3 is 10.2 Å². The lowest BCUT2D eigenvalue weighted by Gasteiger charge is -2.23. The number of nitrogens with one attached hydrogen (secondary N) is 1. The van der Waals surface area contributed by atoms with E-state index < -0.39 is 0 Å². The van der Waals surface area contributed by atoms with Gasteiger partial charge in [0.2, 0.25) is 0 Å². The fraction of sp³-hybridized carbons (Fsp3) is 0.471. The average molecular weight is 311 g/mol. The van der Waals surface area contributed by atoms with E-state index in [2.05, 4.69) is 15.6 Å². The molecule has 0 saturated carbocycles. The topological polar surface area (TPSA) is 63.1 Å². The Morgan fingerprint density at radius 2 is 2.00 bits per heavy atom. The van der Waals surface area contributed by atoms with Gasteiger partial charge in [-0.3, -0.25) is 4.79 Å². The van der Waals surface area contributed by atoms with Gasteiger partial charge in [-0.1, -0.05) is 35.5 Å². The van der Waals surface area contributed by atoms with Gasteiger partial charge in [0.1, 0.15) is 0 Å². The second-order valence-electron chi connectivity index (χ2n) is 6.46. The first-order chi connectivity index (χ1) is 11.3. The third kappa shape index (κ3) is 3.12. The number of likely N-dealkylation sites (tertiary alicyclic amines) is 1. The van der Waals surface area contributed by atoms with Crippen LogP contribution in [0.3, 0.4) is 0 Å². The summed E-state index contributed by atoms with van der Waals surface area (Å²) in [5.41, 5.74) is 1.59. The molecule has 0 radical (unpaired) electrons. The van der Waals surface area contributed by atoms with E-state index >= 15 is 0 Å². The van der Waals surface area contributed by atoms with Crippen LogP contribution >= 0.6 is 0 Å². The number of benzene rings is 1. The van der Waals surface area contributed by atoms with E-state index in [-0.39, 0.29) is 5.91 Å². The number of aromatic nitrogens is 3. The smallest absolute Gasteiger partial charge is 0.276 e. The van der Waals surface area contributed by atoms with Gasteiger partial charge in [-0.05, 0) is 24.8 Å². The van der Waals surface area contributed by atoms with Crippen molar-refractivity contribution in [2.24, 2.45) is 0 Å². The number of nitrogens with zero attached hydrogens (tertiary/aromatic N) is 4. The van der Waals surface area contributed by atoms with Crippen LogP contribution in [0.2, 0.25) is 0 Å². The Bertz CT molecular complexity index is 683. The van der Waals surface area contributed by atoms with Crippen LogP contribution in [-0.4, -0.2) is 51.0 Å². The Balaban J connectivity index is 1.44. The Hall–Kier alpha value is -2.21. The molecule has 0 aliphatic carbocycles. The van der Waals surface area contributed by atoms with Crippen LogP contribution in [0.15, 0.2) is 36.5 Å². The molecule has 1 aromatic carbocycles. The van der Waals surface area contributed by atoms with Crippen LogP contribution in [0, 0.1) is 0 Å². The van der Waals surface area contributed by atoms with Crippen LogP contribution < -0.4 is 5.32 Å². The number of carbonyl (C=O) groups is 1. The van der Waals surface area contributed by atoms with Crippen molar-refractivity contribution in [1.29, 1.82) is 0 Å². The summed E-state index contributed by atoms with van der Waals surface area (Å²) in [6, 6.07) is 11.1. The van der Waals surface area contributed by atoms with Crippen molar-refractivity contribution in [3.8, 4) is 0 Å². The van der Waals surface area contributed by atoms with Gasteiger partial charge in [-0.2, -0.15) is 0 Å². The van der Waals surface area contributed by atoms with Crippen molar-refractivity contribution in [1.82, 2.24) is 25.2 Å². The highest BCUT2D eigenvalue weighted by atomic mass is 16.2. The fourth-order valence-corrected chi connectivity index (χ4v) is 3.53. The summed E-state index contributed by atoms with van der Waals surface area (Å²) in [6.45, 7) is 2.22. The molecule has 23 heavy (non-hydrogen) atoms. The molecule has 4 rings (SSSR count). The molecular weight excluding hydrogens is 290 g/mol. The van der Waals surface area contributed by atoms with Crippen molar-refractivity contribution in [3.05, 3.63) is 47.8 Å². The summed E-state index contributed by atoms with van der Waals surface area (Å²) >= 11 is 0. The van der Waals surface area contributed by atoms with Crippen molar-refractivity contribution >= 4 is 5.91 Å². The molecule has 0 spiro atoms. The summed E-state index contributed by atoms with van der Waals surface area (Å²) in [5.74, 6) is -0.00124. The van der Waals surface area contributed by atoms with Crippen molar-refractivity contribution < 1.29 is 4.79 Å². The van der Waals surface area contributed by atoms with Crippen LogP contribution in [0.5, 0.6) is 0 Å². The van der Waals surface area contributed by atoms with Gasteiger partial charge in [-0.15, -0.1) is 5.10 Å². The Morgan fingerprint density at radius 3 is 2.87 bits per heavy atom. The molecule has 1 aromatic heterocycles. The summed E-state index contributed by atoms with van der Waals surface area (Å²) in [5, 5.41) is 11.8. The highest BCUT2D eigenvalue weighted by Crippen LogP contribution is 2.21. The molecule has 1 amide bonds. The molecule has 3 heterocycles. The zero-order chi connectivity index (χ0) is 15.6. The van der Waals surface area contributed by atoms with Crippen LogP contribution in [0.1, 0.15) is 35.3 Å². The van der Waals surface area contributed by atoms with E-state index in [1.807, 2.05) is 35.2 Å². The lowest BCUT2D eigenvalue weighted by molar-refractivity contribution is 0.0742. The van der Waals surface area contributed by atoms with Crippen molar-refractivity contribution in [2.75, 3.05) is 13.1 Å². The third-order valence-corrected chi connectivity index (χ3v) is 4.76. The standard InChI is InChI=1S/C17H21N5O/c23-17(21-9-8-14-6-7-15(11-21)18-14)16-12-22(20-19-16)10-13-4-2-1-3-5-13/h1-5,12,14-15,18H,6-11H2. The summed E-state index contributed by atoms with van der Waals surface area (Å²) in [6.07, 6.45) is 5.18. The first-order valence-electron chi connectivity index (χ1n) is 8.27. The molecule has 2 unspecified atom stereocenters. The largest absolute Gasteiger partial charge is 0.336 e. The molecular formula is C17H21N5O. The lowest BCUT2D eigenvalue weighted by Crippen LogP contribution is -2.39. The first kappa shape index (κ1) is 14.4. The highest BCUT2D eigenvalue weighted by Gasteiger charge is 2.32. The minimum absolute atomic E-state index is 0.00124. The Labute approximate surface area is 135 Å². The van der Waals surface area contributed by atoms with Gasteiger partial charge in [-0.25, -0.2) is 4.68 Å². The molecule has 1 N–H and O–H groups in total. The minimum Gasteiger partial charge on any atom is -0.336 e. The Morgan fingerprint density at radius 1 is 1.17 bits per heavy atom. The van der Waals surface area contributed by atoms with Crippen LogP contribution in [-0.2, 0) is 6.54 Å². The third-order valence-electron chi connectivity index (χ3n) is 4.76. The highest BCUT2D eigenvalue weighted by molar-refractivity contribution is 5.92. The minimum atomic E-state index is -0.00124. The van der Waals surface area contributed by atoms with Crippen LogP contribution in [0.4, 0.5) is 0 Å². The number of rotatable bonds is 3. The number of carbonyl (C=O) groups excluding carboxylic acids is 1. The normalized spacial score (nSPS) is 23.7. The maximum atomic E-state index is 12.7. The average Bonchev–Trinajstić information content (AvgIpc) is 3.14. The number of hydrogen-bond acceptors (Lipinski definition) is 4. The molecule has 2 bridgehead atoms. The molecule has 6 nitrogen and oxygen atoms in total. The monoisotopic (exact) mass is 311 g/mol. The predicted octanol–water partition coefficient (Wildman–Crippen LogP) is 1.29. The first-order valence-corrected chi connectivity index (χ1v) is 8.27. The Kier molecular flexibility index (Phi) is 3.83. The van der Waals surface area contributed by atoms with Gasteiger partial charge in [0.15, 0.2) is 5.69 Å². The van der Waals surface area contributed by atoms with Gasteiger partial charge in [0.25, 0.3) is 5.91 Å². The predicted molar refractivity (Wildman–Crippen MR) is 86.0 cm³/mol. The lowest BCUT2D eigenvalue weighted by atomic mass is 10.1. The summed E-state index contributed by atoms with van der Waals surface area (Å²) in [7, 11) is 0. The van der Waals surface area contributed by atoms with Gasteiger partial charge in [0.05, 0.1) is 12.7 Å². The quantitative estimate of drug-likeness (QED) is 0.928. The molecule has 2 saturated heterocycles. The van der Waals surface area contributed by atoms with Crippen molar-refractivity contribution in [3.63, 3.8) is 0 Å². The molecule has 2 fully saturated rings. The van der Waals surface area contributed by atoms with E-state index in [9.17, 15) is 4.79 Å². The zero-order valence-electron chi connectivity index (χ0n) is 13.1. The van der Waals surface area contributed by atoms with E-state index in [4.69, 9.17) is 0 Å². The second-order valence-corrected chi connectivity index (χ2v) is 6.46. The number of amides is 1. The van der Waals surface area contributed by atoms with Gasteiger partial charge in [0, 0.05) is 25.2 Å². The van der Waals surface area contributed by atoms with Gasteiger partial charge >= 0.3 is 0 Å². The SMILES string of the molecule is O=C(c1cn(Cc2ccccc2)nn1)N1CCC2CCC(C1)N2. The molecule has 2 aliphatic heterocycles. The second kappa shape index (κ2) is 6.12. The van der Waals surface area contributed by atoms with E-state index in [1.165, 1.54) is 6.42 Å². The molecule has 2 aromatic rings. The summed E-state index contributed by atoms with van der Waals surface area (Å²) in [4.78, 5) is 14.6. The summed E-state index contributed by atoms with van der Waals surface area (Å²) < 4.78 is 1.73. The fourth-order valence-electron chi connectivity index (χ4n) is 3.53. The van der Waals surface area contributed by atoms with E-state index in [0.717, 1.165) is 31.5 Å².